The summed E-state index contributed by atoms with van der Waals surface area (Å²) in [7, 11) is -3.96. The predicted octanol–water partition coefficient (Wildman–Crippen LogP) is 2.42. The smallest absolute Gasteiger partial charge is 0.337 e. The van der Waals surface area contributed by atoms with E-state index in [2.05, 4.69) is 4.72 Å². The van der Waals surface area contributed by atoms with Gasteiger partial charge in [0.1, 0.15) is 0 Å². The van der Waals surface area contributed by atoms with Crippen LogP contribution in [0.3, 0.4) is 0 Å². The van der Waals surface area contributed by atoms with Gasteiger partial charge in [-0.05, 0) is 30.3 Å². The summed E-state index contributed by atoms with van der Waals surface area (Å²) in [5.41, 5.74) is 5.84. The van der Waals surface area contributed by atoms with Crippen LogP contribution in [-0.4, -0.2) is 19.5 Å². The number of carboxylic acid groups (broad SMARTS) is 1. The topological polar surface area (TPSA) is 109 Å². The van der Waals surface area contributed by atoms with Crippen molar-refractivity contribution in [2.45, 2.75) is 4.90 Å². The molecular weight excluding hydrogens is 316 g/mol. The molecule has 0 aromatic heterocycles. The van der Waals surface area contributed by atoms with Gasteiger partial charge in [-0.3, -0.25) is 4.72 Å². The first-order chi connectivity index (χ1) is 9.81. The van der Waals surface area contributed by atoms with E-state index in [1.165, 1.54) is 18.2 Å². The molecule has 0 radical (unpaired) electrons. The number of hydrogen-bond donors (Lipinski definition) is 3. The number of rotatable bonds is 4. The normalized spacial score (nSPS) is 11.1. The van der Waals surface area contributed by atoms with Gasteiger partial charge in [0.25, 0.3) is 10.0 Å². The fourth-order valence-corrected chi connectivity index (χ4v) is 2.94. The summed E-state index contributed by atoms with van der Waals surface area (Å²) in [5, 5.41) is 8.93. The summed E-state index contributed by atoms with van der Waals surface area (Å²) in [5.74, 6) is -1.31. The van der Waals surface area contributed by atoms with E-state index in [0.717, 1.165) is 6.07 Å². The van der Waals surface area contributed by atoms with Crippen molar-refractivity contribution in [3.05, 3.63) is 53.1 Å². The fourth-order valence-electron chi connectivity index (χ4n) is 1.63. The van der Waals surface area contributed by atoms with E-state index >= 15 is 0 Å². The molecular formula is C13H11ClN2O4S. The average Bonchev–Trinajstić information content (AvgIpc) is 2.41. The number of carboxylic acids is 1. The Morgan fingerprint density at radius 1 is 1.19 bits per heavy atom. The quantitative estimate of drug-likeness (QED) is 0.747. The maximum atomic E-state index is 12.2. The van der Waals surface area contributed by atoms with Gasteiger partial charge >= 0.3 is 5.97 Å². The Kier molecular flexibility index (Phi) is 4.06. The third-order valence-corrected chi connectivity index (χ3v) is 4.38. The number of para-hydroxylation sites is 2. The number of anilines is 2. The van der Waals surface area contributed by atoms with Crippen LogP contribution < -0.4 is 10.5 Å². The Bertz CT molecular complexity index is 806. The first-order valence-electron chi connectivity index (χ1n) is 5.71. The number of nitrogens with two attached hydrogens (primary N) is 1. The zero-order valence-corrected chi connectivity index (χ0v) is 12.1. The SMILES string of the molecule is Nc1ccccc1NS(=O)(=O)c1ccc(Cl)c(C(=O)O)c1. The maximum absolute atomic E-state index is 12.2. The minimum Gasteiger partial charge on any atom is -0.478 e. The largest absolute Gasteiger partial charge is 0.478 e. The van der Waals surface area contributed by atoms with E-state index in [9.17, 15) is 13.2 Å². The van der Waals surface area contributed by atoms with E-state index < -0.39 is 16.0 Å². The Labute approximate surface area is 126 Å². The number of hydrogen-bond acceptors (Lipinski definition) is 4. The molecule has 0 heterocycles. The molecule has 110 valence electrons. The fraction of sp³-hybridized carbons (Fsp3) is 0. The van der Waals surface area contributed by atoms with Crippen LogP contribution in [-0.2, 0) is 10.0 Å². The molecule has 0 saturated carbocycles. The van der Waals surface area contributed by atoms with Gasteiger partial charge in [0, 0.05) is 0 Å². The van der Waals surface area contributed by atoms with E-state index in [0.29, 0.717) is 0 Å². The molecule has 2 rings (SSSR count). The molecule has 0 unspecified atom stereocenters. The van der Waals surface area contributed by atoms with E-state index in [1.54, 1.807) is 18.2 Å². The number of sulfonamides is 1. The van der Waals surface area contributed by atoms with Gasteiger partial charge in [-0.15, -0.1) is 0 Å². The molecule has 4 N–H and O–H groups in total. The zero-order chi connectivity index (χ0) is 15.6. The summed E-state index contributed by atoms with van der Waals surface area (Å²) in [6, 6.07) is 9.76. The number of benzene rings is 2. The van der Waals surface area contributed by atoms with Crippen LogP contribution in [0.25, 0.3) is 0 Å². The Morgan fingerprint density at radius 2 is 1.86 bits per heavy atom. The van der Waals surface area contributed by atoms with Crippen molar-refractivity contribution in [1.29, 1.82) is 0 Å². The predicted molar refractivity (Wildman–Crippen MR) is 80.1 cm³/mol. The summed E-state index contributed by atoms with van der Waals surface area (Å²) in [6.07, 6.45) is 0. The molecule has 2 aromatic carbocycles. The number of halogens is 1. The highest BCUT2D eigenvalue weighted by Crippen LogP contribution is 2.24. The highest BCUT2D eigenvalue weighted by atomic mass is 35.5. The van der Waals surface area contributed by atoms with E-state index in [4.69, 9.17) is 22.4 Å². The van der Waals surface area contributed by atoms with Gasteiger partial charge in [-0.1, -0.05) is 23.7 Å². The summed E-state index contributed by atoms with van der Waals surface area (Å²) in [4.78, 5) is 10.8. The molecule has 8 heteroatoms. The van der Waals surface area contributed by atoms with Gasteiger partial charge < -0.3 is 10.8 Å². The van der Waals surface area contributed by atoms with Gasteiger partial charge in [-0.2, -0.15) is 0 Å². The molecule has 0 aliphatic heterocycles. The third-order valence-electron chi connectivity index (χ3n) is 2.68. The van der Waals surface area contributed by atoms with Crippen molar-refractivity contribution in [3.8, 4) is 0 Å². The number of aromatic carboxylic acids is 1. The van der Waals surface area contributed by atoms with Crippen LogP contribution in [0.1, 0.15) is 10.4 Å². The minimum absolute atomic E-state index is 0.0410. The summed E-state index contributed by atoms with van der Waals surface area (Å²) < 4.78 is 26.8. The van der Waals surface area contributed by atoms with Crippen LogP contribution in [0.15, 0.2) is 47.4 Å². The van der Waals surface area contributed by atoms with Crippen molar-refractivity contribution in [1.82, 2.24) is 0 Å². The molecule has 2 aromatic rings. The molecule has 0 saturated heterocycles. The van der Waals surface area contributed by atoms with Crippen LogP contribution >= 0.6 is 11.6 Å². The molecule has 0 spiro atoms. The van der Waals surface area contributed by atoms with Gasteiger partial charge in [-0.25, -0.2) is 13.2 Å². The van der Waals surface area contributed by atoms with Gasteiger partial charge in [0.2, 0.25) is 0 Å². The molecule has 6 nitrogen and oxygen atoms in total. The lowest BCUT2D eigenvalue weighted by molar-refractivity contribution is 0.0697. The molecule has 0 fully saturated rings. The Morgan fingerprint density at radius 3 is 2.48 bits per heavy atom. The first kappa shape index (κ1) is 15.1. The van der Waals surface area contributed by atoms with Crippen molar-refractivity contribution < 1.29 is 18.3 Å². The highest BCUT2D eigenvalue weighted by molar-refractivity contribution is 7.92. The molecule has 21 heavy (non-hydrogen) atoms. The highest BCUT2D eigenvalue weighted by Gasteiger charge is 2.19. The van der Waals surface area contributed by atoms with Crippen LogP contribution in [0, 0.1) is 0 Å². The van der Waals surface area contributed by atoms with Crippen LogP contribution in [0.2, 0.25) is 5.02 Å². The minimum atomic E-state index is -3.96. The lowest BCUT2D eigenvalue weighted by Gasteiger charge is -2.11. The standard InChI is InChI=1S/C13H11ClN2O4S/c14-10-6-5-8(7-9(10)13(17)18)21(19,20)16-12-4-2-1-3-11(12)15/h1-7,16H,15H2,(H,17,18). The summed E-state index contributed by atoms with van der Waals surface area (Å²) >= 11 is 5.71. The number of nitrogens with one attached hydrogen (secondary N) is 1. The van der Waals surface area contributed by atoms with Crippen molar-refractivity contribution in [2.75, 3.05) is 10.5 Å². The molecule has 0 aliphatic rings. The first-order valence-corrected chi connectivity index (χ1v) is 7.57. The lowest BCUT2D eigenvalue weighted by Crippen LogP contribution is -2.15. The van der Waals surface area contributed by atoms with Crippen LogP contribution in [0.5, 0.6) is 0 Å². The van der Waals surface area contributed by atoms with E-state index in [1.807, 2.05) is 0 Å². The summed E-state index contributed by atoms with van der Waals surface area (Å²) in [6.45, 7) is 0. The van der Waals surface area contributed by atoms with E-state index in [-0.39, 0.29) is 26.9 Å². The Hall–Kier alpha value is -2.25. The van der Waals surface area contributed by atoms with Gasteiger partial charge in [0.05, 0.1) is 26.9 Å². The second-order valence-corrected chi connectivity index (χ2v) is 6.23. The molecule has 0 bridgehead atoms. The molecule has 0 atom stereocenters. The molecule has 0 amide bonds. The van der Waals surface area contributed by atoms with Crippen molar-refractivity contribution in [3.63, 3.8) is 0 Å². The lowest BCUT2D eigenvalue weighted by atomic mass is 10.2. The third kappa shape index (κ3) is 3.26. The number of nitrogen functional groups attached to an aromatic ring is 1. The maximum Gasteiger partial charge on any atom is 0.337 e. The second kappa shape index (κ2) is 5.63. The van der Waals surface area contributed by atoms with Crippen LogP contribution in [0.4, 0.5) is 11.4 Å². The second-order valence-electron chi connectivity index (χ2n) is 4.14. The van der Waals surface area contributed by atoms with Crippen molar-refractivity contribution >= 4 is 39.0 Å². The monoisotopic (exact) mass is 326 g/mol. The molecule has 0 aliphatic carbocycles. The van der Waals surface area contributed by atoms with Crippen molar-refractivity contribution in [2.24, 2.45) is 0 Å². The Balaban J connectivity index is 2.43. The zero-order valence-electron chi connectivity index (χ0n) is 10.6. The van der Waals surface area contributed by atoms with Gasteiger partial charge in [0.15, 0.2) is 0 Å². The average molecular weight is 327 g/mol. The number of carbonyl (C=O) groups is 1.